The summed E-state index contributed by atoms with van der Waals surface area (Å²) in [5, 5.41) is 12.0. The average molecular weight is 347 g/mol. The molecule has 4 nitrogen and oxygen atoms in total. The maximum absolute atomic E-state index is 12.8. The molecule has 1 saturated heterocycles. The largest absolute Gasteiger partial charge is 0.331 e. The Balaban J connectivity index is 1.66. The first-order valence-corrected chi connectivity index (χ1v) is 9.13. The summed E-state index contributed by atoms with van der Waals surface area (Å²) in [7, 11) is 0. The van der Waals surface area contributed by atoms with Gasteiger partial charge in [0.05, 0.1) is 17.7 Å². The number of piperidine rings is 1. The van der Waals surface area contributed by atoms with Crippen molar-refractivity contribution in [3.63, 3.8) is 0 Å². The molecule has 0 radical (unpaired) electrons. The first kappa shape index (κ1) is 18.0. The van der Waals surface area contributed by atoms with Crippen molar-refractivity contribution in [2.45, 2.75) is 38.1 Å². The van der Waals surface area contributed by atoms with Crippen LogP contribution in [0.5, 0.6) is 0 Å². The zero-order chi connectivity index (χ0) is 18.6. The zero-order valence-corrected chi connectivity index (χ0v) is 15.4. The van der Waals surface area contributed by atoms with Crippen molar-refractivity contribution in [1.29, 1.82) is 5.26 Å². The van der Waals surface area contributed by atoms with Crippen LogP contribution in [0.25, 0.3) is 0 Å². The average Bonchev–Trinajstić information content (AvgIpc) is 2.68. The van der Waals surface area contributed by atoms with Gasteiger partial charge >= 0.3 is 6.03 Å². The van der Waals surface area contributed by atoms with E-state index in [0.29, 0.717) is 5.56 Å². The lowest BCUT2D eigenvalue weighted by Gasteiger charge is -2.41. The summed E-state index contributed by atoms with van der Waals surface area (Å²) in [6.07, 6.45) is 2.09. The molecule has 2 aromatic rings. The Morgan fingerprint density at radius 3 is 2.54 bits per heavy atom. The Bertz CT molecular complexity index is 794. The molecule has 0 aromatic heterocycles. The fourth-order valence-corrected chi connectivity index (χ4v) is 3.70. The summed E-state index contributed by atoms with van der Waals surface area (Å²) in [5.74, 6) is 0. The van der Waals surface area contributed by atoms with Gasteiger partial charge in [0.15, 0.2) is 0 Å². The third-order valence-electron chi connectivity index (χ3n) is 5.33. The van der Waals surface area contributed by atoms with Gasteiger partial charge in [-0.15, -0.1) is 0 Å². The molecule has 1 N–H and O–H groups in total. The summed E-state index contributed by atoms with van der Waals surface area (Å²) in [4.78, 5) is 14.7. The quantitative estimate of drug-likeness (QED) is 0.895. The van der Waals surface area contributed by atoms with Crippen molar-refractivity contribution >= 4 is 6.03 Å². The van der Waals surface area contributed by atoms with E-state index in [1.807, 2.05) is 30.0 Å². The highest BCUT2D eigenvalue weighted by atomic mass is 16.2. The highest BCUT2D eigenvalue weighted by molar-refractivity contribution is 5.75. The fraction of sp³-hybridized carbons (Fsp3) is 0.364. The second-order valence-corrected chi connectivity index (χ2v) is 7.36. The van der Waals surface area contributed by atoms with Crippen molar-refractivity contribution in [1.82, 2.24) is 10.2 Å². The molecule has 0 spiro atoms. The molecular weight excluding hydrogens is 322 g/mol. The van der Waals surface area contributed by atoms with Crippen LogP contribution in [0.2, 0.25) is 0 Å². The van der Waals surface area contributed by atoms with E-state index in [-0.39, 0.29) is 17.5 Å². The van der Waals surface area contributed by atoms with Gasteiger partial charge in [0.1, 0.15) is 0 Å². The van der Waals surface area contributed by atoms with Crippen molar-refractivity contribution in [3.8, 4) is 6.07 Å². The van der Waals surface area contributed by atoms with Crippen molar-refractivity contribution < 1.29 is 4.79 Å². The van der Waals surface area contributed by atoms with Crippen LogP contribution in [0, 0.1) is 11.3 Å². The molecule has 134 valence electrons. The number of urea groups is 1. The molecule has 1 fully saturated rings. The Morgan fingerprint density at radius 2 is 1.88 bits per heavy atom. The van der Waals surface area contributed by atoms with E-state index in [2.05, 4.69) is 42.6 Å². The normalized spacial score (nSPS) is 20.9. The Labute approximate surface area is 155 Å². The summed E-state index contributed by atoms with van der Waals surface area (Å²) in [6.45, 7) is 5.72. The number of likely N-dealkylation sites (tertiary alicyclic amines) is 1. The smallest absolute Gasteiger partial charge is 0.317 e. The molecule has 1 aliphatic heterocycles. The molecule has 1 heterocycles. The number of benzene rings is 2. The second-order valence-electron chi connectivity index (χ2n) is 7.36. The summed E-state index contributed by atoms with van der Waals surface area (Å²) >= 11 is 0. The predicted molar refractivity (Wildman–Crippen MR) is 103 cm³/mol. The maximum atomic E-state index is 12.8. The van der Waals surface area contributed by atoms with Crippen LogP contribution in [-0.2, 0) is 5.41 Å². The number of carbonyl (C=O) groups is 1. The van der Waals surface area contributed by atoms with Gasteiger partial charge in [-0.1, -0.05) is 49.4 Å². The lowest BCUT2D eigenvalue weighted by atomic mass is 9.76. The SMILES string of the molecule is CC(NC(=O)N1CCCC(C)(c2ccccc2)C1)c1ccc(C#N)cc1. The van der Waals surface area contributed by atoms with Gasteiger partial charge in [-0.3, -0.25) is 0 Å². The number of nitriles is 1. The van der Waals surface area contributed by atoms with E-state index in [9.17, 15) is 4.79 Å². The molecule has 26 heavy (non-hydrogen) atoms. The maximum Gasteiger partial charge on any atom is 0.317 e. The Hall–Kier alpha value is -2.80. The number of nitrogens with one attached hydrogen (secondary N) is 1. The minimum absolute atomic E-state index is 0.00542. The van der Waals surface area contributed by atoms with E-state index < -0.39 is 0 Å². The van der Waals surface area contributed by atoms with Crippen molar-refractivity contribution in [3.05, 3.63) is 71.3 Å². The van der Waals surface area contributed by atoms with E-state index >= 15 is 0 Å². The number of amides is 2. The first-order valence-electron chi connectivity index (χ1n) is 9.13. The van der Waals surface area contributed by atoms with Gasteiger partial charge in [0.25, 0.3) is 0 Å². The van der Waals surface area contributed by atoms with E-state index in [4.69, 9.17) is 5.26 Å². The number of nitrogens with zero attached hydrogens (tertiary/aromatic N) is 2. The third kappa shape index (κ3) is 3.88. The molecule has 0 aliphatic carbocycles. The number of carbonyl (C=O) groups excluding carboxylic acids is 1. The molecule has 1 aliphatic rings. The van der Waals surface area contributed by atoms with Crippen LogP contribution in [0.15, 0.2) is 54.6 Å². The molecule has 4 heteroatoms. The van der Waals surface area contributed by atoms with Gasteiger partial charge in [-0.05, 0) is 43.0 Å². The third-order valence-corrected chi connectivity index (χ3v) is 5.33. The molecule has 2 aromatic carbocycles. The highest BCUT2D eigenvalue weighted by Crippen LogP contribution is 2.33. The van der Waals surface area contributed by atoms with Crippen LogP contribution < -0.4 is 5.32 Å². The van der Waals surface area contributed by atoms with Crippen LogP contribution >= 0.6 is 0 Å². The zero-order valence-electron chi connectivity index (χ0n) is 15.4. The lowest BCUT2D eigenvalue weighted by Crippen LogP contribution is -2.50. The van der Waals surface area contributed by atoms with Crippen LogP contribution in [0.4, 0.5) is 4.79 Å². The van der Waals surface area contributed by atoms with Gasteiger partial charge in [-0.25, -0.2) is 4.79 Å². The van der Waals surface area contributed by atoms with E-state index in [1.165, 1.54) is 5.56 Å². The Kier molecular flexibility index (Phi) is 5.27. The topological polar surface area (TPSA) is 56.1 Å². The standard InChI is InChI=1S/C22H25N3O/c1-17(19-11-9-18(15-23)10-12-19)24-21(26)25-14-6-13-22(2,16-25)20-7-4-3-5-8-20/h3-5,7-12,17H,6,13-14,16H2,1-2H3,(H,24,26). The highest BCUT2D eigenvalue weighted by Gasteiger charge is 2.34. The lowest BCUT2D eigenvalue weighted by molar-refractivity contribution is 0.153. The van der Waals surface area contributed by atoms with Crippen molar-refractivity contribution in [2.75, 3.05) is 13.1 Å². The van der Waals surface area contributed by atoms with Gasteiger partial charge in [-0.2, -0.15) is 5.26 Å². The molecule has 2 amide bonds. The van der Waals surface area contributed by atoms with E-state index in [1.54, 1.807) is 12.1 Å². The minimum atomic E-state index is -0.0971. The fourth-order valence-electron chi connectivity index (χ4n) is 3.70. The molecule has 2 atom stereocenters. The molecule has 0 bridgehead atoms. The summed E-state index contributed by atoms with van der Waals surface area (Å²) in [5.41, 5.74) is 2.91. The number of rotatable bonds is 3. The first-order chi connectivity index (χ1) is 12.5. The van der Waals surface area contributed by atoms with Gasteiger partial charge < -0.3 is 10.2 Å². The molecular formula is C22H25N3O. The van der Waals surface area contributed by atoms with Crippen LogP contribution in [-0.4, -0.2) is 24.0 Å². The monoisotopic (exact) mass is 347 g/mol. The van der Waals surface area contributed by atoms with Gasteiger partial charge in [0, 0.05) is 18.5 Å². The van der Waals surface area contributed by atoms with Crippen LogP contribution in [0.3, 0.4) is 0 Å². The van der Waals surface area contributed by atoms with Crippen LogP contribution in [0.1, 0.15) is 49.4 Å². The van der Waals surface area contributed by atoms with Gasteiger partial charge in [0.2, 0.25) is 0 Å². The Morgan fingerprint density at radius 1 is 1.19 bits per heavy atom. The molecule has 3 rings (SSSR count). The summed E-state index contributed by atoms with van der Waals surface area (Å²) < 4.78 is 0. The minimum Gasteiger partial charge on any atom is -0.331 e. The summed E-state index contributed by atoms with van der Waals surface area (Å²) in [6, 6.07) is 19.8. The number of hydrogen-bond acceptors (Lipinski definition) is 2. The molecule has 0 saturated carbocycles. The predicted octanol–water partition coefficient (Wildman–Crippen LogP) is 4.38. The number of hydrogen-bond donors (Lipinski definition) is 1. The van der Waals surface area contributed by atoms with Crippen molar-refractivity contribution in [2.24, 2.45) is 0 Å². The molecule has 2 unspecified atom stereocenters. The second kappa shape index (κ2) is 7.61. The van der Waals surface area contributed by atoms with E-state index in [0.717, 1.165) is 31.5 Å².